The SMILES string of the molecule is C1=CC2CCC1C2.CCC(C)C(=O)O.Clc1ccccc1. The summed E-state index contributed by atoms with van der Waals surface area (Å²) in [5.41, 5.74) is 0. The lowest BCUT2D eigenvalue weighted by Crippen LogP contribution is -2.06. The highest BCUT2D eigenvalue weighted by atomic mass is 35.5. The maximum atomic E-state index is 9.93. The Hall–Kier alpha value is -1.28. The number of carbonyl (C=O) groups is 1. The van der Waals surface area contributed by atoms with Crippen LogP contribution in [0.5, 0.6) is 0 Å². The molecule has 0 spiro atoms. The summed E-state index contributed by atoms with van der Waals surface area (Å²) in [6, 6.07) is 9.44. The van der Waals surface area contributed by atoms with E-state index in [0.717, 1.165) is 23.3 Å². The van der Waals surface area contributed by atoms with Gasteiger partial charge in [0, 0.05) is 5.02 Å². The first-order valence-electron chi connectivity index (χ1n) is 7.64. The second kappa shape index (κ2) is 9.62. The molecular weight excluding hydrogens is 284 g/mol. The number of rotatable bonds is 2. The lowest BCUT2D eigenvalue weighted by molar-refractivity contribution is -0.141. The van der Waals surface area contributed by atoms with Gasteiger partial charge in [0.25, 0.3) is 0 Å². The van der Waals surface area contributed by atoms with Gasteiger partial charge in [-0.05, 0) is 49.7 Å². The molecule has 3 heteroatoms. The van der Waals surface area contributed by atoms with Gasteiger partial charge in [-0.2, -0.15) is 0 Å². The molecule has 2 nitrogen and oxygen atoms in total. The van der Waals surface area contributed by atoms with Gasteiger partial charge >= 0.3 is 5.97 Å². The molecule has 1 aromatic rings. The predicted molar refractivity (Wildman–Crippen MR) is 88.5 cm³/mol. The third-order valence-electron chi connectivity index (χ3n) is 3.94. The minimum Gasteiger partial charge on any atom is -0.481 e. The molecule has 1 aromatic carbocycles. The van der Waals surface area contributed by atoms with Crippen LogP contribution in [0.25, 0.3) is 0 Å². The Morgan fingerprint density at radius 2 is 1.76 bits per heavy atom. The van der Waals surface area contributed by atoms with Crippen LogP contribution >= 0.6 is 11.6 Å². The minimum atomic E-state index is -0.706. The van der Waals surface area contributed by atoms with Gasteiger partial charge in [-0.1, -0.05) is 55.8 Å². The molecule has 3 unspecified atom stereocenters. The Bertz CT molecular complexity index is 430. The van der Waals surface area contributed by atoms with Crippen LogP contribution < -0.4 is 0 Å². The molecule has 3 rings (SSSR count). The number of hydrogen-bond donors (Lipinski definition) is 1. The number of carboxylic acids is 1. The highest BCUT2D eigenvalue weighted by Gasteiger charge is 2.25. The summed E-state index contributed by atoms with van der Waals surface area (Å²) in [6.07, 6.45) is 9.90. The summed E-state index contributed by atoms with van der Waals surface area (Å²) in [5.74, 6) is 1.09. The van der Waals surface area contributed by atoms with Crippen molar-refractivity contribution >= 4 is 17.6 Å². The normalized spacial score (nSPS) is 22.6. The lowest BCUT2D eigenvalue weighted by atomic mass is 10.1. The van der Waals surface area contributed by atoms with E-state index in [1.165, 1.54) is 19.3 Å². The van der Waals surface area contributed by atoms with Crippen LogP contribution in [-0.2, 0) is 4.79 Å². The number of halogens is 1. The molecule has 1 saturated carbocycles. The number of fused-ring (bicyclic) bond motifs is 2. The highest BCUT2D eigenvalue weighted by Crippen LogP contribution is 2.38. The van der Waals surface area contributed by atoms with Crippen LogP contribution in [0.3, 0.4) is 0 Å². The van der Waals surface area contributed by atoms with Crippen LogP contribution in [0.2, 0.25) is 5.02 Å². The molecule has 3 atom stereocenters. The van der Waals surface area contributed by atoms with E-state index in [2.05, 4.69) is 12.2 Å². The first-order valence-corrected chi connectivity index (χ1v) is 8.02. The molecule has 21 heavy (non-hydrogen) atoms. The smallest absolute Gasteiger partial charge is 0.306 e. The van der Waals surface area contributed by atoms with Crippen molar-refractivity contribution in [2.45, 2.75) is 39.5 Å². The van der Waals surface area contributed by atoms with Gasteiger partial charge in [-0.25, -0.2) is 0 Å². The fraction of sp³-hybridized carbons (Fsp3) is 0.500. The van der Waals surface area contributed by atoms with Crippen molar-refractivity contribution in [3.05, 3.63) is 47.5 Å². The van der Waals surface area contributed by atoms with E-state index < -0.39 is 5.97 Å². The summed E-state index contributed by atoms with van der Waals surface area (Å²) >= 11 is 5.54. The third-order valence-corrected chi connectivity index (χ3v) is 4.19. The van der Waals surface area contributed by atoms with Crippen LogP contribution in [0.1, 0.15) is 39.5 Å². The first-order chi connectivity index (χ1) is 10.0. The highest BCUT2D eigenvalue weighted by molar-refractivity contribution is 6.30. The van der Waals surface area contributed by atoms with Gasteiger partial charge in [0.05, 0.1) is 5.92 Å². The van der Waals surface area contributed by atoms with Gasteiger partial charge < -0.3 is 5.11 Å². The number of carboxylic acid groups (broad SMARTS) is 1. The van der Waals surface area contributed by atoms with E-state index in [9.17, 15) is 4.79 Å². The zero-order valence-corrected chi connectivity index (χ0v) is 13.6. The molecule has 0 amide bonds. The molecule has 1 N–H and O–H groups in total. The quantitative estimate of drug-likeness (QED) is 0.740. The molecular formula is C18H25ClO2. The Morgan fingerprint density at radius 1 is 1.24 bits per heavy atom. The van der Waals surface area contributed by atoms with Crippen molar-refractivity contribution < 1.29 is 9.90 Å². The molecule has 0 radical (unpaired) electrons. The maximum absolute atomic E-state index is 9.93. The van der Waals surface area contributed by atoms with Crippen LogP contribution in [-0.4, -0.2) is 11.1 Å². The zero-order valence-electron chi connectivity index (χ0n) is 12.8. The summed E-state index contributed by atoms with van der Waals surface area (Å²) in [7, 11) is 0. The molecule has 116 valence electrons. The van der Waals surface area contributed by atoms with Gasteiger partial charge in [0.15, 0.2) is 0 Å². The van der Waals surface area contributed by atoms with Gasteiger partial charge in [-0.3, -0.25) is 4.79 Å². The number of allylic oxidation sites excluding steroid dienone is 2. The largest absolute Gasteiger partial charge is 0.481 e. The van der Waals surface area contributed by atoms with E-state index in [0.29, 0.717) is 0 Å². The fourth-order valence-electron chi connectivity index (χ4n) is 2.31. The monoisotopic (exact) mass is 308 g/mol. The number of benzene rings is 1. The van der Waals surface area contributed by atoms with Crippen molar-refractivity contribution in [1.82, 2.24) is 0 Å². The predicted octanol–water partition coefficient (Wildman–Crippen LogP) is 5.43. The van der Waals surface area contributed by atoms with Gasteiger partial charge in [0.1, 0.15) is 0 Å². The summed E-state index contributed by atoms with van der Waals surface area (Å²) in [5, 5.41) is 8.98. The zero-order chi connectivity index (χ0) is 15.7. The van der Waals surface area contributed by atoms with E-state index in [1.54, 1.807) is 6.92 Å². The molecule has 1 fully saturated rings. The molecule has 0 heterocycles. The Morgan fingerprint density at radius 3 is 1.90 bits per heavy atom. The first kappa shape index (κ1) is 17.8. The second-order valence-electron chi connectivity index (χ2n) is 5.66. The molecule has 0 aromatic heterocycles. The van der Waals surface area contributed by atoms with Crippen molar-refractivity contribution in [2.75, 3.05) is 0 Å². The van der Waals surface area contributed by atoms with Crippen molar-refractivity contribution in [3.63, 3.8) is 0 Å². The number of aliphatic carboxylic acids is 1. The van der Waals surface area contributed by atoms with E-state index >= 15 is 0 Å². The lowest BCUT2D eigenvalue weighted by Gasteiger charge is -1.96. The Balaban J connectivity index is 0.000000157. The standard InChI is InChI=1S/C7H10.C6H5Cl.C5H10O2/c1-2-7-4-3-6(1)5-7;7-6-4-2-1-3-5-6;1-3-4(2)5(6)7/h1-2,6-7H,3-5H2;1-5H;4H,3H2,1-2H3,(H,6,7). The summed E-state index contributed by atoms with van der Waals surface area (Å²) in [4.78, 5) is 9.93. The summed E-state index contributed by atoms with van der Waals surface area (Å²) in [6.45, 7) is 3.56. The third kappa shape index (κ3) is 7.33. The Kier molecular flexibility index (Phi) is 8.14. The van der Waals surface area contributed by atoms with Crippen molar-refractivity contribution in [2.24, 2.45) is 17.8 Å². The van der Waals surface area contributed by atoms with Crippen LogP contribution in [0, 0.1) is 17.8 Å². The molecule has 0 aliphatic heterocycles. The average Bonchev–Trinajstić information content (AvgIpc) is 3.13. The second-order valence-corrected chi connectivity index (χ2v) is 6.10. The summed E-state index contributed by atoms with van der Waals surface area (Å²) < 4.78 is 0. The van der Waals surface area contributed by atoms with E-state index in [4.69, 9.17) is 16.7 Å². The van der Waals surface area contributed by atoms with Crippen LogP contribution in [0.15, 0.2) is 42.5 Å². The van der Waals surface area contributed by atoms with E-state index in [1.807, 2.05) is 37.3 Å². The fourth-order valence-corrected chi connectivity index (χ4v) is 2.45. The molecule has 2 aliphatic carbocycles. The molecule has 0 saturated heterocycles. The van der Waals surface area contributed by atoms with Gasteiger partial charge in [0.2, 0.25) is 0 Å². The van der Waals surface area contributed by atoms with Crippen molar-refractivity contribution in [3.8, 4) is 0 Å². The topological polar surface area (TPSA) is 37.3 Å². The number of hydrogen-bond acceptors (Lipinski definition) is 1. The molecule has 2 aliphatic rings. The van der Waals surface area contributed by atoms with E-state index in [-0.39, 0.29) is 5.92 Å². The maximum Gasteiger partial charge on any atom is 0.306 e. The minimum absolute atomic E-state index is 0.181. The average molecular weight is 309 g/mol. The van der Waals surface area contributed by atoms with Crippen LogP contribution in [0.4, 0.5) is 0 Å². The van der Waals surface area contributed by atoms with Crippen molar-refractivity contribution in [1.29, 1.82) is 0 Å². The Labute approximate surface area is 132 Å². The molecule has 2 bridgehead atoms. The van der Waals surface area contributed by atoms with Gasteiger partial charge in [-0.15, -0.1) is 0 Å².